The number of ether oxygens (including phenoxy) is 4. The summed E-state index contributed by atoms with van der Waals surface area (Å²) < 4.78 is 24.5. The van der Waals surface area contributed by atoms with Crippen LogP contribution in [0.1, 0.15) is 97.1 Å². The van der Waals surface area contributed by atoms with Crippen LogP contribution in [0.4, 0.5) is 11.4 Å². The topological polar surface area (TPSA) is 95.1 Å². The van der Waals surface area contributed by atoms with E-state index in [0.29, 0.717) is 37.6 Å². The number of benzene rings is 4. The minimum absolute atomic E-state index is 0.0521. The highest BCUT2D eigenvalue weighted by molar-refractivity contribution is 6.04. The molecule has 8 heteroatoms. The number of nitrogens with one attached hydrogen (secondary N) is 2. The van der Waals surface area contributed by atoms with Crippen molar-refractivity contribution in [3.8, 4) is 0 Å². The first-order valence-electron chi connectivity index (χ1n) is 16.8. The first kappa shape index (κ1) is 34.5. The molecule has 2 aliphatic rings. The lowest BCUT2D eigenvalue weighted by Crippen LogP contribution is -2.49. The summed E-state index contributed by atoms with van der Waals surface area (Å²) in [6, 6.07) is 30.4. The lowest BCUT2D eigenvalue weighted by atomic mass is 9.87. The molecule has 8 nitrogen and oxygen atoms in total. The minimum Gasteiger partial charge on any atom is -0.348 e. The minimum atomic E-state index is -0.541. The van der Waals surface area contributed by atoms with Gasteiger partial charge in [-0.1, -0.05) is 90.1 Å². The van der Waals surface area contributed by atoms with Gasteiger partial charge in [0.2, 0.25) is 0 Å². The molecule has 1 spiro atoms. The number of amides is 2. The molecule has 6 rings (SSSR count). The Morgan fingerprint density at radius 3 is 1.10 bits per heavy atom. The Hall–Kier alpha value is -4.34. The SMILES string of the molecule is CC(C)(C)c1ccc(NC(=O)c2ccc(C3OCC4(CO3)COC(c3ccc(C(=O)Nc5ccc(C(C)(C)C)cc5)cc3)OC4)cc2)cc1. The Labute approximate surface area is 289 Å². The Morgan fingerprint density at radius 1 is 0.510 bits per heavy atom. The standard InChI is InChI=1S/C41H46N2O6/c1-39(2,3)31-15-19-33(20-16-31)42-35(44)27-7-11-29(12-8-27)37-46-23-41(24-47-37)25-48-38(49-26-41)30-13-9-28(10-14-30)36(45)43-34-21-17-32(18-22-34)40(4,5)6/h7-22,37-38H,23-26H2,1-6H3,(H,42,44)(H,43,45). The van der Waals surface area contributed by atoms with Gasteiger partial charge in [0.1, 0.15) is 0 Å². The predicted molar refractivity (Wildman–Crippen MR) is 191 cm³/mol. The summed E-state index contributed by atoms with van der Waals surface area (Å²) in [6.45, 7) is 14.6. The van der Waals surface area contributed by atoms with Crippen molar-refractivity contribution in [3.05, 3.63) is 130 Å². The van der Waals surface area contributed by atoms with Crippen molar-refractivity contribution in [2.45, 2.75) is 65.0 Å². The Balaban J connectivity index is 0.964. The van der Waals surface area contributed by atoms with E-state index in [2.05, 4.69) is 52.2 Å². The second kappa shape index (κ2) is 13.9. The summed E-state index contributed by atoms with van der Waals surface area (Å²) >= 11 is 0. The van der Waals surface area contributed by atoms with Crippen LogP contribution < -0.4 is 10.6 Å². The summed E-state index contributed by atoms with van der Waals surface area (Å²) in [5.41, 5.74) is 6.39. The first-order valence-corrected chi connectivity index (χ1v) is 16.8. The van der Waals surface area contributed by atoms with Crippen molar-refractivity contribution in [1.82, 2.24) is 0 Å². The highest BCUT2D eigenvalue weighted by Gasteiger charge is 2.42. The molecule has 4 aromatic carbocycles. The monoisotopic (exact) mass is 662 g/mol. The van der Waals surface area contributed by atoms with E-state index in [9.17, 15) is 9.59 Å². The average Bonchev–Trinajstić information content (AvgIpc) is 3.09. The van der Waals surface area contributed by atoms with Crippen LogP contribution in [0.25, 0.3) is 0 Å². The Bertz CT molecular complexity index is 1600. The molecule has 2 amide bonds. The molecular formula is C41H46N2O6. The third kappa shape index (κ3) is 8.28. The van der Waals surface area contributed by atoms with E-state index in [1.54, 1.807) is 24.3 Å². The lowest BCUT2D eigenvalue weighted by molar-refractivity contribution is -0.307. The van der Waals surface area contributed by atoms with Gasteiger partial charge < -0.3 is 29.6 Å². The highest BCUT2D eigenvalue weighted by Crippen LogP contribution is 2.38. The smallest absolute Gasteiger partial charge is 0.255 e. The quantitative estimate of drug-likeness (QED) is 0.215. The van der Waals surface area contributed by atoms with Crippen LogP contribution in [-0.2, 0) is 29.8 Å². The number of anilines is 2. The molecule has 0 atom stereocenters. The Kier molecular flexibility index (Phi) is 9.78. The van der Waals surface area contributed by atoms with Crippen LogP contribution in [0, 0.1) is 5.41 Å². The van der Waals surface area contributed by atoms with Crippen molar-refractivity contribution in [1.29, 1.82) is 0 Å². The molecule has 0 aliphatic carbocycles. The van der Waals surface area contributed by atoms with Gasteiger partial charge in [-0.05, 0) is 70.5 Å². The third-order valence-corrected chi connectivity index (χ3v) is 9.07. The molecule has 2 heterocycles. The maximum absolute atomic E-state index is 12.8. The van der Waals surface area contributed by atoms with Crippen LogP contribution in [0.2, 0.25) is 0 Å². The van der Waals surface area contributed by atoms with Gasteiger partial charge in [0.15, 0.2) is 12.6 Å². The van der Waals surface area contributed by atoms with Gasteiger partial charge in [-0.2, -0.15) is 0 Å². The molecule has 0 saturated carbocycles. The number of rotatable bonds is 6. The number of carbonyl (C=O) groups is 2. The van der Waals surface area contributed by atoms with E-state index in [4.69, 9.17) is 18.9 Å². The van der Waals surface area contributed by atoms with Gasteiger partial charge in [-0.25, -0.2) is 0 Å². The van der Waals surface area contributed by atoms with E-state index in [1.165, 1.54) is 11.1 Å². The van der Waals surface area contributed by atoms with Gasteiger partial charge in [0, 0.05) is 33.6 Å². The van der Waals surface area contributed by atoms with Crippen LogP contribution in [0.15, 0.2) is 97.1 Å². The molecule has 2 fully saturated rings. The fourth-order valence-corrected chi connectivity index (χ4v) is 5.84. The van der Waals surface area contributed by atoms with Crippen molar-refractivity contribution in [2.75, 3.05) is 37.1 Å². The molecule has 2 saturated heterocycles. The fourth-order valence-electron chi connectivity index (χ4n) is 5.84. The molecule has 0 unspecified atom stereocenters. The molecule has 2 N–H and O–H groups in total. The zero-order valence-electron chi connectivity index (χ0n) is 29.2. The van der Waals surface area contributed by atoms with Gasteiger partial charge >= 0.3 is 0 Å². The number of hydrogen-bond acceptors (Lipinski definition) is 6. The Morgan fingerprint density at radius 2 is 0.816 bits per heavy atom. The summed E-state index contributed by atoms with van der Waals surface area (Å²) in [5, 5.41) is 5.93. The molecule has 2 aliphatic heterocycles. The average molecular weight is 663 g/mol. The largest absolute Gasteiger partial charge is 0.348 e. The van der Waals surface area contributed by atoms with Crippen LogP contribution in [0.3, 0.4) is 0 Å². The van der Waals surface area contributed by atoms with Gasteiger partial charge in [0.25, 0.3) is 11.8 Å². The summed E-state index contributed by atoms with van der Waals surface area (Å²) in [5.74, 6) is -0.351. The van der Waals surface area contributed by atoms with E-state index < -0.39 is 18.0 Å². The summed E-state index contributed by atoms with van der Waals surface area (Å²) in [4.78, 5) is 25.7. The van der Waals surface area contributed by atoms with Crippen molar-refractivity contribution in [2.24, 2.45) is 5.41 Å². The maximum atomic E-state index is 12.8. The second-order valence-corrected chi connectivity index (χ2v) is 15.2. The van der Waals surface area contributed by atoms with Gasteiger partial charge in [-0.3, -0.25) is 9.59 Å². The van der Waals surface area contributed by atoms with Gasteiger partial charge in [-0.15, -0.1) is 0 Å². The molecular weight excluding hydrogens is 616 g/mol. The summed E-state index contributed by atoms with van der Waals surface area (Å²) in [6.07, 6.45) is -1.08. The number of carbonyl (C=O) groups excluding carboxylic acids is 2. The van der Waals surface area contributed by atoms with Crippen molar-refractivity contribution < 1.29 is 28.5 Å². The van der Waals surface area contributed by atoms with E-state index in [-0.39, 0.29) is 22.6 Å². The third-order valence-electron chi connectivity index (χ3n) is 9.07. The molecule has 0 radical (unpaired) electrons. The molecule has 49 heavy (non-hydrogen) atoms. The fraction of sp³-hybridized carbons (Fsp3) is 0.366. The zero-order chi connectivity index (χ0) is 34.8. The second-order valence-electron chi connectivity index (χ2n) is 15.2. The van der Waals surface area contributed by atoms with Crippen molar-refractivity contribution >= 4 is 23.2 Å². The van der Waals surface area contributed by atoms with Crippen molar-refractivity contribution in [3.63, 3.8) is 0 Å². The maximum Gasteiger partial charge on any atom is 0.255 e. The van der Waals surface area contributed by atoms with Crippen LogP contribution in [0.5, 0.6) is 0 Å². The lowest BCUT2D eigenvalue weighted by Gasteiger charge is -2.43. The summed E-state index contributed by atoms with van der Waals surface area (Å²) in [7, 11) is 0. The zero-order valence-corrected chi connectivity index (χ0v) is 29.2. The molecule has 0 aromatic heterocycles. The predicted octanol–water partition coefficient (Wildman–Crippen LogP) is 8.56. The van der Waals surface area contributed by atoms with E-state index >= 15 is 0 Å². The first-order chi connectivity index (χ1) is 23.3. The normalized spacial score (nSPS) is 21.3. The molecule has 4 aromatic rings. The highest BCUT2D eigenvalue weighted by atomic mass is 16.7. The molecule has 0 bridgehead atoms. The van der Waals surface area contributed by atoms with E-state index in [0.717, 1.165) is 22.5 Å². The van der Waals surface area contributed by atoms with E-state index in [1.807, 2.05) is 72.8 Å². The molecule has 256 valence electrons. The van der Waals surface area contributed by atoms with Gasteiger partial charge in [0.05, 0.1) is 31.8 Å². The van der Waals surface area contributed by atoms with Crippen LogP contribution >= 0.6 is 0 Å². The van der Waals surface area contributed by atoms with Crippen LogP contribution in [-0.4, -0.2) is 38.2 Å². The number of hydrogen-bond donors (Lipinski definition) is 2.